The van der Waals surface area contributed by atoms with E-state index in [-0.39, 0.29) is 11.5 Å². The van der Waals surface area contributed by atoms with E-state index in [0.29, 0.717) is 33.7 Å². The van der Waals surface area contributed by atoms with E-state index in [1.807, 2.05) is 24.3 Å². The monoisotopic (exact) mass is 509 g/mol. The summed E-state index contributed by atoms with van der Waals surface area (Å²) in [6.45, 7) is 3.83. The average Bonchev–Trinajstić information content (AvgIpc) is 3.12. The van der Waals surface area contributed by atoms with Crippen LogP contribution in [-0.4, -0.2) is 32.8 Å². The first-order valence-corrected chi connectivity index (χ1v) is 10.8. The van der Waals surface area contributed by atoms with Crippen LogP contribution in [-0.2, 0) is 11.3 Å². The van der Waals surface area contributed by atoms with Crippen LogP contribution < -0.4 is 5.32 Å². The minimum atomic E-state index is -0.454. The van der Waals surface area contributed by atoms with Crippen molar-refractivity contribution in [1.29, 1.82) is 0 Å². The van der Waals surface area contributed by atoms with E-state index in [4.69, 9.17) is 4.74 Å². The van der Waals surface area contributed by atoms with E-state index in [1.165, 1.54) is 7.11 Å². The van der Waals surface area contributed by atoms with Crippen molar-refractivity contribution in [3.8, 4) is 5.69 Å². The largest absolute Gasteiger partial charge is 0.465 e. The predicted molar refractivity (Wildman–Crippen MR) is 128 cm³/mol. The number of pyridine rings is 1. The topological polar surface area (TPSA) is 112 Å². The maximum Gasteiger partial charge on any atom is 0.340 e. The lowest BCUT2D eigenvalue weighted by molar-refractivity contribution is -0.384. The third-order valence-electron chi connectivity index (χ3n) is 5.17. The van der Waals surface area contributed by atoms with Crippen LogP contribution >= 0.6 is 15.9 Å². The Morgan fingerprint density at radius 1 is 1.21 bits per heavy atom. The molecule has 2 heterocycles. The molecule has 4 aromatic rings. The molecule has 10 heteroatoms. The number of rotatable bonds is 6. The Balaban J connectivity index is 1.69. The van der Waals surface area contributed by atoms with Gasteiger partial charge in [-0.2, -0.15) is 5.10 Å². The van der Waals surface area contributed by atoms with E-state index in [1.54, 1.807) is 42.8 Å². The molecule has 4 rings (SSSR count). The Bertz CT molecular complexity index is 1400. The molecule has 9 nitrogen and oxygen atoms in total. The van der Waals surface area contributed by atoms with Crippen LogP contribution in [0.3, 0.4) is 0 Å². The zero-order valence-corrected chi connectivity index (χ0v) is 19.7. The van der Waals surface area contributed by atoms with Gasteiger partial charge in [0.2, 0.25) is 5.82 Å². The number of carbonyl (C=O) groups is 1. The fourth-order valence-electron chi connectivity index (χ4n) is 3.68. The third-order valence-corrected chi connectivity index (χ3v) is 5.93. The first kappa shape index (κ1) is 22.4. The first-order chi connectivity index (χ1) is 15.8. The summed E-state index contributed by atoms with van der Waals surface area (Å²) in [4.78, 5) is 27.6. The van der Waals surface area contributed by atoms with E-state index in [9.17, 15) is 14.9 Å². The van der Waals surface area contributed by atoms with Gasteiger partial charge in [0.05, 0.1) is 28.8 Å². The summed E-state index contributed by atoms with van der Waals surface area (Å²) in [5, 5.41) is 20.0. The highest BCUT2D eigenvalue weighted by Crippen LogP contribution is 2.30. The number of ether oxygens (including phenoxy) is 1. The van der Waals surface area contributed by atoms with Crippen LogP contribution in [0.2, 0.25) is 0 Å². The molecule has 33 heavy (non-hydrogen) atoms. The maximum absolute atomic E-state index is 12.2. The molecule has 168 valence electrons. The summed E-state index contributed by atoms with van der Waals surface area (Å²) in [5.41, 5.74) is 3.81. The Morgan fingerprint density at radius 2 is 1.97 bits per heavy atom. The Labute approximate surface area is 197 Å². The number of nitrogens with zero attached hydrogens (tertiary/aromatic N) is 4. The molecule has 0 spiro atoms. The minimum absolute atomic E-state index is 0.0323. The second kappa shape index (κ2) is 8.99. The van der Waals surface area contributed by atoms with Gasteiger partial charge in [0.1, 0.15) is 4.60 Å². The Kier molecular flexibility index (Phi) is 6.10. The van der Waals surface area contributed by atoms with Gasteiger partial charge in [-0.25, -0.2) is 14.5 Å². The van der Waals surface area contributed by atoms with Gasteiger partial charge in [0.15, 0.2) is 0 Å². The molecule has 0 amide bonds. The molecule has 0 radical (unpaired) electrons. The highest BCUT2D eigenvalue weighted by atomic mass is 79.9. The number of aromatic nitrogens is 3. The summed E-state index contributed by atoms with van der Waals surface area (Å²) in [7, 11) is 1.34. The van der Waals surface area contributed by atoms with Crippen molar-refractivity contribution < 1.29 is 14.5 Å². The van der Waals surface area contributed by atoms with Gasteiger partial charge in [-0.3, -0.25) is 10.1 Å². The average molecular weight is 510 g/mol. The molecule has 2 aromatic carbocycles. The zero-order valence-electron chi connectivity index (χ0n) is 18.1. The van der Waals surface area contributed by atoms with Crippen LogP contribution in [0.1, 0.15) is 27.2 Å². The molecule has 1 N–H and O–H groups in total. The summed E-state index contributed by atoms with van der Waals surface area (Å²) in [6.07, 6.45) is 0. The Hall–Kier alpha value is -3.79. The molecule has 0 aliphatic rings. The number of nitro groups is 1. The second-order valence-electron chi connectivity index (χ2n) is 7.45. The van der Waals surface area contributed by atoms with Gasteiger partial charge in [0, 0.05) is 23.2 Å². The number of halogens is 1. The number of carbonyl (C=O) groups excluding carboxylic acids is 1. The molecule has 0 saturated carbocycles. The van der Waals surface area contributed by atoms with Gasteiger partial charge in [-0.05, 0) is 65.7 Å². The number of hydrogen-bond donors (Lipinski definition) is 1. The molecule has 0 atom stereocenters. The molecule has 0 bridgehead atoms. The number of benzene rings is 2. The van der Waals surface area contributed by atoms with Crippen molar-refractivity contribution in [2.24, 2.45) is 0 Å². The van der Waals surface area contributed by atoms with Crippen LogP contribution in [0.5, 0.6) is 0 Å². The number of para-hydroxylation sites is 1. The molecule has 0 fully saturated rings. The number of nitrogens with one attached hydrogen (secondary N) is 1. The minimum Gasteiger partial charge on any atom is -0.465 e. The molecule has 0 aliphatic carbocycles. The number of hydrogen-bond acceptors (Lipinski definition) is 7. The molecular weight excluding hydrogens is 490 g/mol. The van der Waals surface area contributed by atoms with Crippen LogP contribution in [0.25, 0.3) is 16.6 Å². The number of esters is 1. The standard InChI is InChI=1S/C23H20BrN5O4/c1-13-10-14(2)26-22(20(13)29(31)32)25-12-15-8-9-18-17(11-15)21(24)28(27-18)19-7-5-4-6-16(19)23(30)33-3/h4-11H,12H2,1-3H3,(H,25,26). The lowest BCUT2D eigenvalue weighted by Gasteiger charge is -2.09. The number of aryl methyl sites for hydroxylation is 2. The smallest absolute Gasteiger partial charge is 0.340 e. The fourth-order valence-corrected chi connectivity index (χ4v) is 4.27. The Morgan fingerprint density at radius 3 is 2.70 bits per heavy atom. The van der Waals surface area contributed by atoms with Crippen molar-refractivity contribution in [2.45, 2.75) is 20.4 Å². The second-order valence-corrected chi connectivity index (χ2v) is 8.20. The van der Waals surface area contributed by atoms with Crippen molar-refractivity contribution in [3.05, 3.63) is 85.6 Å². The van der Waals surface area contributed by atoms with E-state index < -0.39 is 10.9 Å². The van der Waals surface area contributed by atoms with Gasteiger partial charge in [0.25, 0.3) is 0 Å². The molecule has 0 aliphatic heterocycles. The van der Waals surface area contributed by atoms with E-state index in [0.717, 1.165) is 16.5 Å². The van der Waals surface area contributed by atoms with Crippen molar-refractivity contribution >= 4 is 44.3 Å². The van der Waals surface area contributed by atoms with Gasteiger partial charge in [-0.1, -0.05) is 18.2 Å². The summed E-state index contributed by atoms with van der Waals surface area (Å²) >= 11 is 3.60. The normalized spacial score (nSPS) is 10.9. The molecular formula is C23H20BrN5O4. The number of fused-ring (bicyclic) bond motifs is 1. The third kappa shape index (κ3) is 4.29. The van der Waals surface area contributed by atoms with Crippen LogP contribution in [0.4, 0.5) is 11.5 Å². The summed E-state index contributed by atoms with van der Waals surface area (Å²) in [5.74, 6) is -0.219. The number of anilines is 1. The molecule has 0 unspecified atom stereocenters. The van der Waals surface area contributed by atoms with Crippen molar-refractivity contribution in [3.63, 3.8) is 0 Å². The molecule has 0 saturated heterocycles. The van der Waals surface area contributed by atoms with Crippen molar-refractivity contribution in [2.75, 3.05) is 12.4 Å². The molecule has 2 aromatic heterocycles. The highest BCUT2D eigenvalue weighted by Gasteiger charge is 2.20. The summed E-state index contributed by atoms with van der Waals surface area (Å²) in [6, 6.07) is 14.4. The maximum atomic E-state index is 12.2. The number of methoxy groups -OCH3 is 1. The zero-order chi connectivity index (χ0) is 23.7. The van der Waals surface area contributed by atoms with Gasteiger partial charge >= 0.3 is 11.7 Å². The predicted octanol–water partition coefficient (Wildman–Crippen LogP) is 5.11. The van der Waals surface area contributed by atoms with Crippen LogP contribution in [0, 0.1) is 24.0 Å². The SMILES string of the molecule is COC(=O)c1ccccc1-n1nc2ccc(CNc3nc(C)cc(C)c3[N+](=O)[O-])cc2c1Br. The van der Waals surface area contributed by atoms with Gasteiger partial charge < -0.3 is 10.1 Å². The van der Waals surface area contributed by atoms with E-state index >= 15 is 0 Å². The lowest BCUT2D eigenvalue weighted by Crippen LogP contribution is -2.08. The van der Waals surface area contributed by atoms with E-state index in [2.05, 4.69) is 31.3 Å². The lowest BCUT2D eigenvalue weighted by atomic mass is 10.1. The van der Waals surface area contributed by atoms with Crippen molar-refractivity contribution in [1.82, 2.24) is 14.8 Å². The fraction of sp³-hybridized carbons (Fsp3) is 0.174. The van der Waals surface area contributed by atoms with Gasteiger partial charge in [-0.15, -0.1) is 0 Å². The quantitative estimate of drug-likeness (QED) is 0.218. The van der Waals surface area contributed by atoms with Crippen LogP contribution in [0.15, 0.2) is 53.1 Å². The summed E-state index contributed by atoms with van der Waals surface area (Å²) < 4.78 is 7.21. The first-order valence-electron chi connectivity index (χ1n) is 10.0. The highest BCUT2D eigenvalue weighted by molar-refractivity contribution is 9.10.